The van der Waals surface area contributed by atoms with E-state index in [0.717, 1.165) is 36.3 Å². The van der Waals surface area contributed by atoms with Crippen LogP contribution in [0, 0.1) is 26.7 Å². The molecule has 0 spiro atoms. The third-order valence-corrected chi connectivity index (χ3v) is 4.55. The summed E-state index contributed by atoms with van der Waals surface area (Å²) in [6.07, 6.45) is 1.90. The van der Waals surface area contributed by atoms with Gasteiger partial charge in [-0.1, -0.05) is 0 Å². The first-order valence-electron chi connectivity index (χ1n) is 7.67. The normalized spacial score (nSPS) is 23.8. The first kappa shape index (κ1) is 14.6. The first-order valence-corrected chi connectivity index (χ1v) is 7.67. The molecule has 0 N–H and O–H groups in total. The molecule has 21 heavy (non-hydrogen) atoms. The Morgan fingerprint density at radius 2 is 1.86 bits per heavy atom. The molecule has 0 aromatic carbocycles. The molecule has 0 unspecified atom stereocenters. The molecule has 0 saturated carbocycles. The highest BCUT2D eigenvalue weighted by Gasteiger charge is 2.34. The number of nitrogens with zero attached hydrogens (tertiary/aromatic N) is 1. The highest BCUT2D eigenvalue weighted by Crippen LogP contribution is 2.28. The zero-order valence-corrected chi connectivity index (χ0v) is 13.0. The number of furan rings is 1. The maximum Gasteiger partial charge on any atom is 0.257 e. The SMILES string of the molecule is Cc1oc(C)c(C(=O)N2CCC[C@@H](C3OCCO3)C2)c1C. The summed E-state index contributed by atoms with van der Waals surface area (Å²) < 4.78 is 16.8. The van der Waals surface area contributed by atoms with E-state index in [-0.39, 0.29) is 18.1 Å². The molecular weight excluding hydrogens is 270 g/mol. The molecule has 0 aliphatic carbocycles. The predicted molar refractivity (Wildman–Crippen MR) is 77.2 cm³/mol. The highest BCUT2D eigenvalue weighted by molar-refractivity contribution is 5.97. The van der Waals surface area contributed by atoms with E-state index in [1.807, 2.05) is 25.7 Å². The third-order valence-electron chi connectivity index (χ3n) is 4.55. The molecule has 0 radical (unpaired) electrons. The number of hydrogen-bond acceptors (Lipinski definition) is 4. The summed E-state index contributed by atoms with van der Waals surface area (Å²) in [5.41, 5.74) is 1.68. The van der Waals surface area contributed by atoms with Gasteiger partial charge in [-0.15, -0.1) is 0 Å². The molecule has 2 aliphatic heterocycles. The predicted octanol–water partition coefficient (Wildman–Crippen LogP) is 2.43. The summed E-state index contributed by atoms with van der Waals surface area (Å²) in [6.45, 7) is 8.53. The average molecular weight is 293 g/mol. The summed E-state index contributed by atoms with van der Waals surface area (Å²) in [6, 6.07) is 0. The highest BCUT2D eigenvalue weighted by atomic mass is 16.7. The standard InChI is InChI=1S/C16H23NO4/c1-10-11(2)21-12(3)14(10)15(18)17-6-4-5-13(9-17)16-19-7-8-20-16/h13,16H,4-9H2,1-3H3/t13-/m1/s1. The van der Waals surface area contributed by atoms with Gasteiger partial charge in [-0.05, 0) is 33.6 Å². The Balaban J connectivity index is 1.74. The third kappa shape index (κ3) is 2.72. The number of piperidine rings is 1. The van der Waals surface area contributed by atoms with Gasteiger partial charge >= 0.3 is 0 Å². The van der Waals surface area contributed by atoms with Crippen molar-refractivity contribution in [3.05, 3.63) is 22.6 Å². The van der Waals surface area contributed by atoms with Crippen LogP contribution in [0.4, 0.5) is 0 Å². The minimum absolute atomic E-state index is 0.0737. The zero-order valence-electron chi connectivity index (χ0n) is 13.0. The Bertz CT molecular complexity index is 531. The van der Waals surface area contributed by atoms with E-state index < -0.39 is 0 Å². The lowest BCUT2D eigenvalue weighted by Crippen LogP contribution is -2.44. The van der Waals surface area contributed by atoms with E-state index in [2.05, 4.69) is 0 Å². The van der Waals surface area contributed by atoms with Crippen molar-refractivity contribution >= 4 is 5.91 Å². The molecular formula is C16H23NO4. The fraction of sp³-hybridized carbons (Fsp3) is 0.688. The maximum atomic E-state index is 12.8. The van der Waals surface area contributed by atoms with Gasteiger partial charge in [0.25, 0.3) is 5.91 Å². The molecule has 3 rings (SSSR count). The number of ether oxygens (including phenoxy) is 2. The van der Waals surface area contributed by atoms with Gasteiger partial charge in [0.2, 0.25) is 0 Å². The van der Waals surface area contributed by atoms with E-state index in [1.165, 1.54) is 0 Å². The van der Waals surface area contributed by atoms with Crippen molar-refractivity contribution in [3.63, 3.8) is 0 Å². The summed E-state index contributed by atoms with van der Waals surface area (Å²) in [5.74, 6) is 1.89. The molecule has 2 fully saturated rings. The molecule has 0 bridgehead atoms. The van der Waals surface area contributed by atoms with Gasteiger partial charge in [-0.25, -0.2) is 0 Å². The fourth-order valence-electron chi connectivity index (χ4n) is 3.33. The summed E-state index contributed by atoms with van der Waals surface area (Å²) in [5, 5.41) is 0. The summed E-state index contributed by atoms with van der Waals surface area (Å²) >= 11 is 0. The Kier molecular flexibility index (Phi) is 4.04. The van der Waals surface area contributed by atoms with Crippen LogP contribution in [0.1, 0.15) is 40.3 Å². The lowest BCUT2D eigenvalue weighted by Gasteiger charge is -2.34. The van der Waals surface area contributed by atoms with Gasteiger partial charge in [0.15, 0.2) is 6.29 Å². The van der Waals surface area contributed by atoms with Crippen LogP contribution in [-0.4, -0.2) is 43.4 Å². The molecule has 5 nitrogen and oxygen atoms in total. The number of aryl methyl sites for hydroxylation is 2. The van der Waals surface area contributed by atoms with Crippen molar-refractivity contribution < 1.29 is 18.7 Å². The molecule has 116 valence electrons. The van der Waals surface area contributed by atoms with Crippen LogP contribution in [0.25, 0.3) is 0 Å². The largest absolute Gasteiger partial charge is 0.466 e. The van der Waals surface area contributed by atoms with Crippen molar-refractivity contribution in [2.45, 2.75) is 39.9 Å². The number of carbonyl (C=O) groups is 1. The lowest BCUT2D eigenvalue weighted by atomic mass is 9.96. The zero-order chi connectivity index (χ0) is 15.0. The Labute approximate surface area is 125 Å². The van der Waals surface area contributed by atoms with E-state index in [9.17, 15) is 4.79 Å². The summed E-state index contributed by atoms with van der Waals surface area (Å²) in [7, 11) is 0. The van der Waals surface area contributed by atoms with Crippen molar-refractivity contribution in [2.24, 2.45) is 5.92 Å². The van der Waals surface area contributed by atoms with Crippen LogP contribution in [-0.2, 0) is 9.47 Å². The second-order valence-corrected chi connectivity index (χ2v) is 5.98. The van der Waals surface area contributed by atoms with Crippen LogP contribution in [0.2, 0.25) is 0 Å². The van der Waals surface area contributed by atoms with Crippen LogP contribution < -0.4 is 0 Å². The smallest absolute Gasteiger partial charge is 0.257 e. The summed E-state index contributed by atoms with van der Waals surface area (Å²) in [4.78, 5) is 14.7. The molecule has 1 aromatic rings. The molecule has 1 aromatic heterocycles. The van der Waals surface area contributed by atoms with Crippen molar-refractivity contribution in [3.8, 4) is 0 Å². The molecule has 2 aliphatic rings. The van der Waals surface area contributed by atoms with Crippen LogP contribution in [0.5, 0.6) is 0 Å². The lowest BCUT2D eigenvalue weighted by molar-refractivity contribution is -0.0969. The van der Waals surface area contributed by atoms with E-state index in [0.29, 0.717) is 25.5 Å². The van der Waals surface area contributed by atoms with Crippen molar-refractivity contribution in [1.29, 1.82) is 0 Å². The molecule has 3 heterocycles. The Hall–Kier alpha value is -1.33. The van der Waals surface area contributed by atoms with Crippen molar-refractivity contribution in [2.75, 3.05) is 26.3 Å². The van der Waals surface area contributed by atoms with Crippen LogP contribution >= 0.6 is 0 Å². The van der Waals surface area contributed by atoms with Gasteiger partial charge < -0.3 is 18.8 Å². The Morgan fingerprint density at radius 3 is 2.48 bits per heavy atom. The van der Waals surface area contributed by atoms with Gasteiger partial charge in [0.1, 0.15) is 11.5 Å². The number of carbonyl (C=O) groups excluding carboxylic acids is 1. The number of rotatable bonds is 2. The quantitative estimate of drug-likeness (QED) is 0.840. The van der Waals surface area contributed by atoms with Crippen LogP contribution in [0.3, 0.4) is 0 Å². The number of likely N-dealkylation sites (tertiary alicyclic amines) is 1. The Morgan fingerprint density at radius 1 is 1.14 bits per heavy atom. The van der Waals surface area contributed by atoms with E-state index in [1.54, 1.807) is 0 Å². The molecule has 5 heteroatoms. The number of amides is 1. The minimum atomic E-state index is -0.145. The van der Waals surface area contributed by atoms with E-state index in [4.69, 9.17) is 13.9 Å². The molecule has 1 atom stereocenters. The van der Waals surface area contributed by atoms with Gasteiger partial charge in [0.05, 0.1) is 18.8 Å². The first-order chi connectivity index (χ1) is 10.1. The fourth-order valence-corrected chi connectivity index (χ4v) is 3.33. The second-order valence-electron chi connectivity index (χ2n) is 5.98. The van der Waals surface area contributed by atoms with Gasteiger partial charge in [0, 0.05) is 24.6 Å². The second kappa shape index (κ2) is 5.81. The van der Waals surface area contributed by atoms with Crippen molar-refractivity contribution in [1.82, 2.24) is 4.90 Å². The minimum Gasteiger partial charge on any atom is -0.466 e. The maximum absolute atomic E-state index is 12.8. The van der Waals surface area contributed by atoms with Gasteiger partial charge in [-0.2, -0.15) is 0 Å². The van der Waals surface area contributed by atoms with E-state index >= 15 is 0 Å². The monoisotopic (exact) mass is 293 g/mol. The topological polar surface area (TPSA) is 51.9 Å². The average Bonchev–Trinajstić information content (AvgIpc) is 3.08. The van der Waals surface area contributed by atoms with Crippen LogP contribution in [0.15, 0.2) is 4.42 Å². The molecule has 1 amide bonds. The number of hydrogen-bond donors (Lipinski definition) is 0. The molecule has 2 saturated heterocycles. The van der Waals surface area contributed by atoms with Gasteiger partial charge in [-0.3, -0.25) is 4.79 Å².